The van der Waals surface area contributed by atoms with Crippen molar-refractivity contribution in [3.05, 3.63) is 101 Å². The zero-order valence-electron chi connectivity index (χ0n) is 16.7. The molecule has 5 rings (SSSR count). The first kappa shape index (κ1) is 19.1. The van der Waals surface area contributed by atoms with Gasteiger partial charge in [0.05, 0.1) is 30.3 Å². The van der Waals surface area contributed by atoms with Crippen molar-refractivity contribution in [2.24, 2.45) is 0 Å². The Bertz CT molecular complexity index is 1170. The van der Waals surface area contributed by atoms with Gasteiger partial charge in [0.2, 0.25) is 0 Å². The van der Waals surface area contributed by atoms with Gasteiger partial charge in [-0.3, -0.25) is 19.3 Å². The van der Waals surface area contributed by atoms with Crippen LogP contribution in [0.5, 0.6) is 5.75 Å². The zero-order valence-corrected chi connectivity index (χ0v) is 16.7. The number of hydrogen-bond acceptors (Lipinski definition) is 4. The second kappa shape index (κ2) is 7.72. The lowest BCUT2D eigenvalue weighted by atomic mass is 10.00. The molecule has 3 aromatic carbocycles. The maximum absolute atomic E-state index is 12.9. The Morgan fingerprint density at radius 3 is 2.42 bits per heavy atom. The number of ether oxygens (including phenoxy) is 1. The number of nitrogens with zero attached hydrogens (tertiary/aromatic N) is 1. The SMILES string of the molecule is O=C(N[C@@H]1CCOc2ccccc21)c1cccc(CN2C(=O)c3ccccc3C2=O)c1. The topological polar surface area (TPSA) is 75.7 Å². The number of rotatable bonds is 4. The summed E-state index contributed by atoms with van der Waals surface area (Å²) in [5, 5.41) is 3.08. The fourth-order valence-corrected chi connectivity index (χ4v) is 4.11. The summed E-state index contributed by atoms with van der Waals surface area (Å²) < 4.78 is 5.66. The molecule has 6 heteroatoms. The van der Waals surface area contributed by atoms with E-state index < -0.39 is 0 Å². The number of fused-ring (bicyclic) bond motifs is 2. The molecule has 2 aliphatic heterocycles. The molecule has 0 spiro atoms. The van der Waals surface area contributed by atoms with Gasteiger partial charge in [0.25, 0.3) is 17.7 Å². The molecule has 0 fully saturated rings. The van der Waals surface area contributed by atoms with Gasteiger partial charge in [0, 0.05) is 17.5 Å². The number of benzene rings is 3. The summed E-state index contributed by atoms with van der Waals surface area (Å²) >= 11 is 0. The van der Waals surface area contributed by atoms with Gasteiger partial charge >= 0.3 is 0 Å². The lowest BCUT2D eigenvalue weighted by molar-refractivity contribution is 0.0642. The number of carbonyl (C=O) groups excluding carboxylic acids is 3. The maximum atomic E-state index is 12.9. The summed E-state index contributed by atoms with van der Waals surface area (Å²) in [4.78, 5) is 39.4. The molecule has 6 nitrogen and oxygen atoms in total. The highest BCUT2D eigenvalue weighted by Crippen LogP contribution is 2.32. The van der Waals surface area contributed by atoms with E-state index in [2.05, 4.69) is 5.32 Å². The molecular formula is C25H20N2O4. The zero-order chi connectivity index (χ0) is 21.4. The Morgan fingerprint density at radius 1 is 0.935 bits per heavy atom. The molecule has 2 aliphatic rings. The minimum absolute atomic E-state index is 0.119. The molecule has 0 aromatic heterocycles. The Balaban J connectivity index is 1.33. The lowest BCUT2D eigenvalue weighted by Gasteiger charge is -2.26. The molecule has 0 bridgehead atoms. The van der Waals surface area contributed by atoms with E-state index in [1.807, 2.05) is 30.3 Å². The molecule has 1 atom stereocenters. The van der Waals surface area contributed by atoms with E-state index in [1.165, 1.54) is 4.90 Å². The monoisotopic (exact) mass is 412 g/mol. The highest BCUT2D eigenvalue weighted by Gasteiger charge is 2.35. The summed E-state index contributed by atoms with van der Waals surface area (Å²) in [6, 6.07) is 21.4. The Kier molecular flexibility index (Phi) is 4.75. The Hall–Kier alpha value is -3.93. The van der Waals surface area contributed by atoms with Crippen LogP contribution in [0.1, 0.15) is 54.7 Å². The van der Waals surface area contributed by atoms with Gasteiger partial charge in [-0.1, -0.05) is 42.5 Å². The van der Waals surface area contributed by atoms with Crippen LogP contribution in [0.15, 0.2) is 72.8 Å². The third kappa shape index (κ3) is 3.46. The van der Waals surface area contributed by atoms with Crippen molar-refractivity contribution in [2.45, 2.75) is 19.0 Å². The van der Waals surface area contributed by atoms with Gasteiger partial charge in [-0.15, -0.1) is 0 Å². The molecule has 3 aromatic rings. The third-order valence-electron chi connectivity index (χ3n) is 5.67. The summed E-state index contributed by atoms with van der Waals surface area (Å²) in [6.45, 7) is 0.662. The number of para-hydroxylation sites is 1. The van der Waals surface area contributed by atoms with Crippen molar-refractivity contribution in [2.75, 3.05) is 6.61 Å². The number of imide groups is 1. The van der Waals surface area contributed by atoms with E-state index >= 15 is 0 Å². The molecule has 0 aliphatic carbocycles. The number of carbonyl (C=O) groups is 3. The molecule has 1 N–H and O–H groups in total. The van der Waals surface area contributed by atoms with Crippen LogP contribution in [-0.2, 0) is 6.54 Å². The number of hydrogen-bond donors (Lipinski definition) is 1. The highest BCUT2D eigenvalue weighted by molar-refractivity contribution is 6.21. The highest BCUT2D eigenvalue weighted by atomic mass is 16.5. The first-order valence-corrected chi connectivity index (χ1v) is 10.2. The Labute approximate surface area is 179 Å². The van der Waals surface area contributed by atoms with Crippen molar-refractivity contribution in [3.8, 4) is 5.75 Å². The minimum atomic E-state index is -0.311. The van der Waals surface area contributed by atoms with Crippen molar-refractivity contribution in [3.63, 3.8) is 0 Å². The predicted octanol–water partition coefficient (Wildman–Crippen LogP) is 3.74. The number of nitrogens with one attached hydrogen (secondary N) is 1. The second-order valence-electron chi connectivity index (χ2n) is 7.64. The predicted molar refractivity (Wildman–Crippen MR) is 114 cm³/mol. The summed E-state index contributed by atoms with van der Waals surface area (Å²) in [7, 11) is 0. The van der Waals surface area contributed by atoms with Gasteiger partial charge in [-0.25, -0.2) is 0 Å². The van der Waals surface area contributed by atoms with Crippen molar-refractivity contribution in [1.29, 1.82) is 0 Å². The smallest absolute Gasteiger partial charge is 0.261 e. The quantitative estimate of drug-likeness (QED) is 0.663. The van der Waals surface area contributed by atoms with E-state index in [0.717, 1.165) is 16.9 Å². The fourth-order valence-electron chi connectivity index (χ4n) is 4.11. The fraction of sp³-hybridized carbons (Fsp3) is 0.160. The first-order valence-electron chi connectivity index (χ1n) is 10.2. The molecule has 0 unspecified atom stereocenters. The maximum Gasteiger partial charge on any atom is 0.261 e. The van der Waals surface area contributed by atoms with Gasteiger partial charge in [0.15, 0.2) is 0 Å². The van der Waals surface area contributed by atoms with E-state index in [-0.39, 0.29) is 30.3 Å². The standard InChI is InChI=1S/C25H20N2O4/c28-23(26-21-12-13-31-22-11-4-3-10-20(21)22)17-7-5-6-16(14-17)15-27-24(29)18-8-1-2-9-19(18)25(27)30/h1-11,14,21H,12-13,15H2,(H,26,28)/t21-/m1/s1. The van der Waals surface area contributed by atoms with Crippen LogP contribution in [0.2, 0.25) is 0 Å². The molecule has 2 heterocycles. The van der Waals surface area contributed by atoms with E-state index in [9.17, 15) is 14.4 Å². The van der Waals surface area contributed by atoms with Gasteiger partial charge < -0.3 is 10.1 Å². The van der Waals surface area contributed by atoms with Crippen LogP contribution in [-0.4, -0.2) is 29.2 Å². The van der Waals surface area contributed by atoms with Crippen LogP contribution in [0.4, 0.5) is 0 Å². The average Bonchev–Trinajstić information content (AvgIpc) is 3.04. The lowest BCUT2D eigenvalue weighted by Crippen LogP contribution is -2.32. The third-order valence-corrected chi connectivity index (χ3v) is 5.67. The van der Waals surface area contributed by atoms with Crippen LogP contribution in [0, 0.1) is 0 Å². The van der Waals surface area contributed by atoms with Crippen LogP contribution < -0.4 is 10.1 Å². The van der Waals surface area contributed by atoms with Gasteiger partial charge in [-0.2, -0.15) is 0 Å². The van der Waals surface area contributed by atoms with E-state index in [0.29, 0.717) is 29.7 Å². The molecule has 0 saturated carbocycles. The molecule has 0 radical (unpaired) electrons. The molecule has 3 amide bonds. The molecule has 154 valence electrons. The number of amides is 3. The molecular weight excluding hydrogens is 392 g/mol. The summed E-state index contributed by atoms with van der Waals surface area (Å²) in [5.41, 5.74) is 3.00. The van der Waals surface area contributed by atoms with Crippen LogP contribution in [0.25, 0.3) is 0 Å². The van der Waals surface area contributed by atoms with Crippen LogP contribution in [0.3, 0.4) is 0 Å². The minimum Gasteiger partial charge on any atom is -0.493 e. The van der Waals surface area contributed by atoms with Gasteiger partial charge in [-0.05, 0) is 35.9 Å². The second-order valence-corrected chi connectivity index (χ2v) is 7.64. The molecule has 31 heavy (non-hydrogen) atoms. The van der Waals surface area contributed by atoms with Crippen molar-refractivity contribution >= 4 is 17.7 Å². The summed E-state index contributed by atoms with van der Waals surface area (Å²) in [6.07, 6.45) is 0.692. The van der Waals surface area contributed by atoms with Crippen molar-refractivity contribution < 1.29 is 19.1 Å². The van der Waals surface area contributed by atoms with Crippen molar-refractivity contribution in [1.82, 2.24) is 10.2 Å². The summed E-state index contributed by atoms with van der Waals surface area (Å²) in [5.74, 6) is -0.0344. The Morgan fingerprint density at radius 2 is 1.65 bits per heavy atom. The normalized spacial score (nSPS) is 17.0. The first-order chi connectivity index (χ1) is 15.1. The van der Waals surface area contributed by atoms with Gasteiger partial charge in [0.1, 0.15) is 5.75 Å². The van der Waals surface area contributed by atoms with E-state index in [1.54, 1.807) is 42.5 Å². The molecule has 0 saturated heterocycles. The van der Waals surface area contributed by atoms with Crippen LogP contribution >= 0.6 is 0 Å². The average molecular weight is 412 g/mol. The van der Waals surface area contributed by atoms with E-state index in [4.69, 9.17) is 4.74 Å². The largest absolute Gasteiger partial charge is 0.493 e.